The van der Waals surface area contributed by atoms with Crippen LogP contribution in [0.3, 0.4) is 0 Å². The molecular formula is C26H27N5O2. The van der Waals surface area contributed by atoms with Gasteiger partial charge in [0.15, 0.2) is 12.0 Å². The maximum absolute atomic E-state index is 12.8. The number of allylic oxidation sites excluding steroid dienone is 4. The van der Waals surface area contributed by atoms with Crippen LogP contribution < -0.4 is 5.32 Å². The molecule has 2 atom stereocenters. The van der Waals surface area contributed by atoms with E-state index in [2.05, 4.69) is 34.6 Å². The topological polar surface area (TPSA) is 81.4 Å². The lowest BCUT2D eigenvalue weighted by molar-refractivity contribution is 0.135. The van der Waals surface area contributed by atoms with Gasteiger partial charge in [-0.05, 0) is 25.0 Å². The van der Waals surface area contributed by atoms with E-state index in [1.165, 1.54) is 0 Å². The maximum Gasteiger partial charge on any atom is 0.409 e. The Labute approximate surface area is 193 Å². The lowest BCUT2D eigenvalue weighted by Crippen LogP contribution is -2.31. The fraction of sp³-hybridized carbons (Fsp3) is 0.231. The van der Waals surface area contributed by atoms with Crippen LogP contribution in [0.2, 0.25) is 0 Å². The molecule has 0 saturated heterocycles. The number of hydrogen-bond acceptors (Lipinski definition) is 5. The van der Waals surface area contributed by atoms with Crippen LogP contribution in [0.4, 0.5) is 4.79 Å². The van der Waals surface area contributed by atoms with Crippen molar-refractivity contribution in [3.8, 4) is 0 Å². The average molecular weight is 442 g/mol. The minimum Gasteiger partial charge on any atom is -0.445 e. The van der Waals surface area contributed by atoms with Crippen molar-refractivity contribution in [1.29, 1.82) is 0 Å². The predicted octanol–water partition coefficient (Wildman–Crippen LogP) is 5.08. The van der Waals surface area contributed by atoms with E-state index in [1.54, 1.807) is 0 Å². The van der Waals surface area contributed by atoms with Gasteiger partial charge >= 0.3 is 6.09 Å². The number of carbonyl (C=O) groups excluding carboxylic acids is 1. The molecule has 0 saturated carbocycles. The molecule has 1 aromatic heterocycles. The van der Waals surface area contributed by atoms with Crippen LogP contribution >= 0.6 is 0 Å². The molecule has 2 aromatic carbocycles. The molecule has 0 radical (unpaired) electrons. The Balaban J connectivity index is 1.69. The number of nitrogens with one attached hydrogen (secondary N) is 1. The molecule has 0 bridgehead atoms. The Bertz CT molecular complexity index is 1170. The molecule has 4 rings (SSSR count). The van der Waals surface area contributed by atoms with E-state index in [1.807, 2.05) is 84.3 Å². The van der Waals surface area contributed by atoms with Crippen molar-refractivity contribution in [2.24, 2.45) is 4.99 Å². The molecular weight excluding hydrogens is 414 g/mol. The summed E-state index contributed by atoms with van der Waals surface area (Å²) in [5.74, 6) is 1.29. The second-order valence-corrected chi connectivity index (χ2v) is 7.78. The molecule has 0 aliphatic carbocycles. The van der Waals surface area contributed by atoms with E-state index in [4.69, 9.17) is 9.73 Å². The average Bonchev–Trinajstić information content (AvgIpc) is 3.22. The summed E-state index contributed by atoms with van der Waals surface area (Å²) < 4.78 is 7.44. The number of hydrogen-bond donors (Lipinski definition) is 1. The zero-order valence-corrected chi connectivity index (χ0v) is 18.8. The molecule has 7 nitrogen and oxygen atoms in total. The third kappa shape index (κ3) is 5.63. The van der Waals surface area contributed by atoms with E-state index < -0.39 is 12.3 Å². The van der Waals surface area contributed by atoms with Gasteiger partial charge in [0, 0.05) is 12.1 Å². The summed E-state index contributed by atoms with van der Waals surface area (Å²) in [4.78, 5) is 17.7. The first-order chi connectivity index (χ1) is 16.1. The largest absolute Gasteiger partial charge is 0.445 e. The molecule has 33 heavy (non-hydrogen) atoms. The van der Waals surface area contributed by atoms with Gasteiger partial charge in [-0.15, -0.1) is 10.2 Å². The van der Waals surface area contributed by atoms with Crippen molar-refractivity contribution in [3.63, 3.8) is 0 Å². The highest BCUT2D eigenvalue weighted by molar-refractivity contribution is 6.01. The minimum atomic E-state index is -0.757. The fourth-order valence-corrected chi connectivity index (χ4v) is 3.71. The van der Waals surface area contributed by atoms with Crippen LogP contribution in [0.15, 0.2) is 90.0 Å². The monoisotopic (exact) mass is 441 g/mol. The van der Waals surface area contributed by atoms with Gasteiger partial charge in [-0.2, -0.15) is 0 Å². The summed E-state index contributed by atoms with van der Waals surface area (Å²) in [5.41, 5.74) is 2.72. The summed E-state index contributed by atoms with van der Waals surface area (Å²) in [6.07, 6.45) is 7.42. The molecule has 2 heterocycles. The fourth-order valence-electron chi connectivity index (χ4n) is 3.71. The van der Waals surface area contributed by atoms with Gasteiger partial charge in [0.1, 0.15) is 12.4 Å². The zero-order valence-electron chi connectivity index (χ0n) is 18.8. The molecule has 1 aliphatic rings. The van der Waals surface area contributed by atoms with Gasteiger partial charge in [0.25, 0.3) is 0 Å². The number of fused-ring (bicyclic) bond motifs is 1. The van der Waals surface area contributed by atoms with Crippen molar-refractivity contribution in [3.05, 3.63) is 108 Å². The summed E-state index contributed by atoms with van der Waals surface area (Å²) in [6, 6.07) is 19.5. The molecule has 7 heteroatoms. The number of rotatable bonds is 4. The van der Waals surface area contributed by atoms with Gasteiger partial charge in [0.05, 0.1) is 6.04 Å². The highest BCUT2D eigenvalue weighted by Gasteiger charge is 2.25. The first-order valence-electron chi connectivity index (χ1n) is 11.0. The number of aliphatic imine (C=N–C) groups is 1. The van der Waals surface area contributed by atoms with Crippen molar-refractivity contribution < 1.29 is 9.53 Å². The molecule has 0 fully saturated rings. The number of ether oxygens (including phenoxy) is 1. The minimum absolute atomic E-state index is 0.0160. The van der Waals surface area contributed by atoms with Gasteiger partial charge in [-0.25, -0.2) is 4.79 Å². The Morgan fingerprint density at radius 2 is 1.79 bits per heavy atom. The lowest BCUT2D eigenvalue weighted by atomic mass is 10.1. The first-order valence-corrected chi connectivity index (χ1v) is 11.0. The number of nitrogens with zero attached hydrogens (tertiary/aromatic N) is 4. The van der Waals surface area contributed by atoms with Crippen molar-refractivity contribution >= 4 is 11.8 Å². The van der Waals surface area contributed by atoms with E-state index in [0.29, 0.717) is 12.2 Å². The van der Waals surface area contributed by atoms with Crippen LogP contribution in [0.5, 0.6) is 0 Å². The SMILES string of the molecule is Cc1nnc2n1C(C)/C=C\C=C/C/C(c1ccccc1)=N\[C@@H]2NC(=O)OCc1ccccc1. The van der Waals surface area contributed by atoms with E-state index in [-0.39, 0.29) is 12.6 Å². The standard InChI is InChI=1S/C26H27N5O2/c1-19-12-6-3-11-17-23(22-15-9-5-10-16-22)27-24(25-30-29-20(2)31(19)25)28-26(32)33-18-21-13-7-4-8-14-21/h3-16,19,24H,17-18H2,1-2H3,(H,28,32)/b11-3-,12-6-,27-23+/t19?,24-/m1/s1. The Hall–Kier alpha value is -4.00. The van der Waals surface area contributed by atoms with Crippen LogP contribution in [0, 0.1) is 6.92 Å². The molecule has 1 N–H and O–H groups in total. The van der Waals surface area contributed by atoms with Crippen molar-refractivity contribution in [2.75, 3.05) is 0 Å². The summed E-state index contributed by atoms with van der Waals surface area (Å²) in [6.45, 7) is 4.11. The quantitative estimate of drug-likeness (QED) is 0.612. The highest BCUT2D eigenvalue weighted by atomic mass is 16.5. The maximum atomic E-state index is 12.8. The Morgan fingerprint density at radius 3 is 2.55 bits per heavy atom. The zero-order chi connectivity index (χ0) is 23.0. The summed E-state index contributed by atoms with van der Waals surface area (Å²) in [7, 11) is 0. The van der Waals surface area contributed by atoms with E-state index >= 15 is 0 Å². The van der Waals surface area contributed by atoms with Crippen LogP contribution in [0.1, 0.15) is 48.3 Å². The van der Waals surface area contributed by atoms with Crippen molar-refractivity contribution in [2.45, 2.75) is 39.1 Å². The van der Waals surface area contributed by atoms with Crippen LogP contribution in [-0.4, -0.2) is 26.6 Å². The van der Waals surface area contributed by atoms with E-state index in [0.717, 1.165) is 22.7 Å². The number of aryl methyl sites for hydroxylation is 1. The van der Waals surface area contributed by atoms with Gasteiger partial charge < -0.3 is 9.30 Å². The van der Waals surface area contributed by atoms with Gasteiger partial charge in [0.2, 0.25) is 0 Å². The first kappa shape index (κ1) is 22.2. The second kappa shape index (κ2) is 10.5. The molecule has 3 aromatic rings. The second-order valence-electron chi connectivity index (χ2n) is 7.78. The number of amides is 1. The van der Waals surface area contributed by atoms with Crippen LogP contribution in [0.25, 0.3) is 0 Å². The number of carbonyl (C=O) groups is 1. The predicted molar refractivity (Wildman–Crippen MR) is 128 cm³/mol. The lowest BCUT2D eigenvalue weighted by Gasteiger charge is -2.20. The molecule has 1 aliphatic heterocycles. The molecule has 168 valence electrons. The number of benzene rings is 2. The normalized spacial score (nSPS) is 21.6. The number of aromatic nitrogens is 3. The molecule has 1 amide bonds. The summed E-state index contributed by atoms with van der Waals surface area (Å²) >= 11 is 0. The molecule has 1 unspecified atom stereocenters. The third-order valence-electron chi connectivity index (χ3n) is 5.35. The van der Waals surface area contributed by atoms with Crippen LogP contribution in [-0.2, 0) is 11.3 Å². The highest BCUT2D eigenvalue weighted by Crippen LogP contribution is 2.23. The van der Waals surface area contributed by atoms with Gasteiger partial charge in [-0.1, -0.05) is 85.0 Å². The Morgan fingerprint density at radius 1 is 1.06 bits per heavy atom. The Kier molecular flexibility index (Phi) is 7.09. The van der Waals surface area contributed by atoms with Crippen molar-refractivity contribution in [1.82, 2.24) is 20.1 Å². The number of alkyl carbamates (subject to hydrolysis) is 1. The summed E-state index contributed by atoms with van der Waals surface area (Å²) in [5, 5.41) is 11.5. The van der Waals surface area contributed by atoms with E-state index in [9.17, 15) is 4.79 Å². The van der Waals surface area contributed by atoms with Gasteiger partial charge in [-0.3, -0.25) is 10.3 Å². The molecule has 0 spiro atoms. The smallest absolute Gasteiger partial charge is 0.409 e. The third-order valence-corrected chi connectivity index (χ3v) is 5.35.